The molecule has 0 aliphatic carbocycles. The molecule has 1 aromatic heterocycles. The highest BCUT2D eigenvalue weighted by atomic mass is 79.9. The Morgan fingerprint density at radius 1 is 1.03 bits per heavy atom. The average Bonchev–Trinajstić information content (AvgIpc) is 3.00. The van der Waals surface area contributed by atoms with E-state index in [2.05, 4.69) is 15.9 Å². The third-order valence-electron chi connectivity index (χ3n) is 4.01. The van der Waals surface area contributed by atoms with Gasteiger partial charge in [0.25, 0.3) is 19.1 Å². The smallest absolute Gasteiger partial charge is 0.218 e. The van der Waals surface area contributed by atoms with E-state index >= 15 is 0 Å². The van der Waals surface area contributed by atoms with Crippen LogP contribution in [0.1, 0.15) is 11.1 Å². The molecule has 0 bridgehead atoms. The lowest BCUT2D eigenvalue weighted by Crippen LogP contribution is -2.17. The molecule has 3 aromatic rings. The molecule has 0 unspecified atom stereocenters. The standard InChI is InChI=1S/C16H9BrClF4NO4S2/c1-8-2-4-9(5-3-8)29(26,27)23-13(28(18,24)25)6-10-14(17)11(16(20,21)22)7-12(19)15(10)23/h2-7H,1H3. The fourth-order valence-electron chi connectivity index (χ4n) is 2.70. The third kappa shape index (κ3) is 3.78. The number of aryl methyl sites for hydroxylation is 1. The zero-order chi connectivity index (χ0) is 21.9. The van der Waals surface area contributed by atoms with Gasteiger partial charge in [-0.2, -0.15) is 13.2 Å². The van der Waals surface area contributed by atoms with Crippen LogP contribution in [0.5, 0.6) is 0 Å². The topological polar surface area (TPSA) is 73.2 Å². The zero-order valence-electron chi connectivity index (χ0n) is 14.1. The summed E-state index contributed by atoms with van der Waals surface area (Å²) in [6.07, 6.45) is -4.98. The van der Waals surface area contributed by atoms with Crippen LogP contribution >= 0.6 is 26.6 Å². The number of hydrogen-bond donors (Lipinski definition) is 0. The Labute approximate surface area is 175 Å². The fourth-order valence-corrected chi connectivity index (χ4v) is 6.34. The van der Waals surface area contributed by atoms with E-state index < -0.39 is 61.9 Å². The van der Waals surface area contributed by atoms with Gasteiger partial charge in [0.2, 0.25) is 0 Å². The van der Waals surface area contributed by atoms with Crippen molar-refractivity contribution in [2.45, 2.75) is 23.0 Å². The molecule has 0 aliphatic rings. The van der Waals surface area contributed by atoms with Gasteiger partial charge in [-0.3, -0.25) is 0 Å². The van der Waals surface area contributed by atoms with E-state index in [9.17, 15) is 34.4 Å². The van der Waals surface area contributed by atoms with Gasteiger partial charge < -0.3 is 0 Å². The summed E-state index contributed by atoms with van der Waals surface area (Å²) in [5.41, 5.74) is -1.63. The summed E-state index contributed by atoms with van der Waals surface area (Å²) in [7, 11) is -4.20. The van der Waals surface area contributed by atoms with Crippen molar-refractivity contribution in [3.05, 3.63) is 57.8 Å². The van der Waals surface area contributed by atoms with Crippen LogP contribution in [0, 0.1) is 12.7 Å². The van der Waals surface area contributed by atoms with Crippen LogP contribution in [0.15, 0.2) is 50.8 Å². The van der Waals surface area contributed by atoms with Crippen molar-refractivity contribution in [3.8, 4) is 0 Å². The van der Waals surface area contributed by atoms with Crippen LogP contribution in [0.25, 0.3) is 10.9 Å². The Morgan fingerprint density at radius 3 is 2.07 bits per heavy atom. The Kier molecular flexibility index (Phi) is 5.30. The summed E-state index contributed by atoms with van der Waals surface area (Å²) in [6.45, 7) is 1.67. The van der Waals surface area contributed by atoms with Gasteiger partial charge in [0.05, 0.1) is 10.5 Å². The third-order valence-corrected chi connectivity index (χ3v) is 7.98. The minimum absolute atomic E-state index is 0.0816. The maximum absolute atomic E-state index is 14.7. The second-order valence-corrected chi connectivity index (χ2v) is 11.1. The van der Waals surface area contributed by atoms with E-state index in [1.165, 1.54) is 12.1 Å². The van der Waals surface area contributed by atoms with Gasteiger partial charge in [-0.15, -0.1) is 0 Å². The molecule has 2 aromatic carbocycles. The van der Waals surface area contributed by atoms with Crippen molar-refractivity contribution in [1.29, 1.82) is 0 Å². The highest BCUT2D eigenvalue weighted by Crippen LogP contribution is 2.42. The summed E-state index contributed by atoms with van der Waals surface area (Å²) >= 11 is 2.67. The fraction of sp³-hybridized carbons (Fsp3) is 0.125. The lowest BCUT2D eigenvalue weighted by atomic mass is 10.1. The summed E-state index contributed by atoms with van der Waals surface area (Å²) in [5.74, 6) is -1.59. The molecule has 5 nitrogen and oxygen atoms in total. The molecular formula is C16H9BrClF4NO4S2. The van der Waals surface area contributed by atoms with Gasteiger partial charge >= 0.3 is 6.18 Å². The molecule has 0 amide bonds. The maximum Gasteiger partial charge on any atom is 0.417 e. The average molecular weight is 535 g/mol. The summed E-state index contributed by atoms with van der Waals surface area (Å²) in [5, 5.41) is -1.71. The van der Waals surface area contributed by atoms with Crippen LogP contribution in [0.2, 0.25) is 0 Å². The quantitative estimate of drug-likeness (QED) is 0.349. The number of hydrogen-bond acceptors (Lipinski definition) is 4. The predicted octanol–water partition coefficient (Wildman–Crippen LogP) is 5.03. The largest absolute Gasteiger partial charge is 0.417 e. The molecule has 0 N–H and O–H groups in total. The SMILES string of the molecule is Cc1ccc(S(=O)(=O)n2c(S(=O)(=O)Cl)cc3c(Br)c(C(F)(F)F)cc(F)c32)cc1. The molecular weight excluding hydrogens is 526 g/mol. The first-order valence-electron chi connectivity index (χ1n) is 7.53. The number of fused-ring (bicyclic) bond motifs is 1. The van der Waals surface area contributed by atoms with E-state index in [0.29, 0.717) is 11.6 Å². The van der Waals surface area contributed by atoms with Gasteiger partial charge in [0.15, 0.2) is 5.03 Å². The number of benzene rings is 2. The molecule has 0 atom stereocenters. The van der Waals surface area contributed by atoms with E-state index in [-0.39, 0.29) is 10.0 Å². The second-order valence-electron chi connectivity index (χ2n) is 5.98. The molecule has 0 saturated carbocycles. The Morgan fingerprint density at radius 2 is 1.59 bits per heavy atom. The summed E-state index contributed by atoms with van der Waals surface area (Å²) in [4.78, 5) is -0.405. The van der Waals surface area contributed by atoms with Gasteiger partial charge in [-0.05, 0) is 47.1 Å². The van der Waals surface area contributed by atoms with Crippen LogP contribution in [0.4, 0.5) is 17.6 Å². The van der Waals surface area contributed by atoms with Gasteiger partial charge in [0, 0.05) is 20.5 Å². The number of rotatable bonds is 3. The first-order chi connectivity index (χ1) is 13.2. The Bertz CT molecular complexity index is 1350. The lowest BCUT2D eigenvalue weighted by Gasteiger charge is -2.13. The molecule has 1 heterocycles. The minimum atomic E-state index is -4.98. The van der Waals surface area contributed by atoms with Crippen molar-refractivity contribution in [3.63, 3.8) is 0 Å². The number of alkyl halides is 3. The van der Waals surface area contributed by atoms with Crippen LogP contribution in [-0.4, -0.2) is 20.8 Å². The van der Waals surface area contributed by atoms with E-state index in [1.54, 1.807) is 6.92 Å². The predicted molar refractivity (Wildman–Crippen MR) is 101 cm³/mol. The molecule has 29 heavy (non-hydrogen) atoms. The number of halogens is 6. The van der Waals surface area contributed by atoms with Crippen LogP contribution in [0.3, 0.4) is 0 Å². The lowest BCUT2D eigenvalue weighted by molar-refractivity contribution is -0.138. The van der Waals surface area contributed by atoms with Crippen molar-refractivity contribution >= 4 is 56.6 Å². The van der Waals surface area contributed by atoms with Gasteiger partial charge in [-0.25, -0.2) is 25.2 Å². The Hall–Kier alpha value is -1.63. The molecule has 13 heteroatoms. The molecule has 0 saturated heterocycles. The molecule has 0 aliphatic heterocycles. The first-order valence-corrected chi connectivity index (χ1v) is 12.1. The molecule has 0 fully saturated rings. The minimum Gasteiger partial charge on any atom is -0.218 e. The maximum atomic E-state index is 14.7. The van der Waals surface area contributed by atoms with Gasteiger partial charge in [0.1, 0.15) is 11.3 Å². The molecule has 3 rings (SSSR count). The van der Waals surface area contributed by atoms with Crippen LogP contribution in [-0.2, 0) is 25.3 Å². The summed E-state index contributed by atoms with van der Waals surface area (Å²) < 4.78 is 104. The highest BCUT2D eigenvalue weighted by Gasteiger charge is 2.38. The van der Waals surface area contributed by atoms with Crippen molar-refractivity contribution in [2.75, 3.05) is 0 Å². The van der Waals surface area contributed by atoms with Crippen LogP contribution < -0.4 is 0 Å². The van der Waals surface area contributed by atoms with E-state index in [4.69, 9.17) is 10.7 Å². The zero-order valence-corrected chi connectivity index (χ0v) is 18.1. The first kappa shape index (κ1) is 22.1. The monoisotopic (exact) mass is 533 g/mol. The van der Waals surface area contributed by atoms with Crippen molar-refractivity contribution in [2.24, 2.45) is 0 Å². The summed E-state index contributed by atoms with van der Waals surface area (Å²) in [6, 6.07) is 5.79. The van der Waals surface area contributed by atoms with Crippen molar-refractivity contribution in [1.82, 2.24) is 3.97 Å². The normalized spacial score (nSPS) is 13.2. The number of nitrogens with zero attached hydrogens (tertiary/aromatic N) is 1. The van der Waals surface area contributed by atoms with E-state index in [1.807, 2.05) is 0 Å². The second kappa shape index (κ2) is 6.96. The molecule has 0 spiro atoms. The highest BCUT2D eigenvalue weighted by molar-refractivity contribution is 9.10. The molecule has 0 radical (unpaired) electrons. The van der Waals surface area contributed by atoms with Gasteiger partial charge in [-0.1, -0.05) is 17.7 Å². The Balaban J connectivity index is 2.52. The van der Waals surface area contributed by atoms with E-state index in [0.717, 1.165) is 12.1 Å². The number of aromatic nitrogens is 1. The molecule has 156 valence electrons. The van der Waals surface area contributed by atoms with Crippen molar-refractivity contribution < 1.29 is 34.4 Å².